The minimum absolute atomic E-state index is 0.432. The number of nitrogens with zero attached hydrogens (tertiary/aromatic N) is 1. The molecule has 0 heterocycles. The highest BCUT2D eigenvalue weighted by atomic mass is 19.2. The van der Waals surface area contributed by atoms with Crippen molar-refractivity contribution in [3.05, 3.63) is 0 Å². The largest absolute Gasteiger partial charge is 0.146 e. The normalized spacial score (nSPS) is 9.82. The van der Waals surface area contributed by atoms with Crippen molar-refractivity contribution in [1.29, 1.82) is 0 Å². The topological polar surface area (TPSA) is 3.24 Å². The molecule has 0 saturated heterocycles. The summed E-state index contributed by atoms with van der Waals surface area (Å²) < 4.78 is 12.5. The van der Waals surface area contributed by atoms with Crippen LogP contribution < -0.4 is 0 Å². The zero-order valence-electron chi connectivity index (χ0n) is 8.52. The Morgan fingerprint density at radius 1 is 1.27 bits per heavy atom. The Morgan fingerprint density at radius 2 is 1.73 bits per heavy atom. The fraction of sp³-hybridized carbons (Fsp3) is 1.00. The Labute approximate surface area is 70.5 Å². The van der Waals surface area contributed by atoms with E-state index in [0.717, 1.165) is 11.5 Å². The van der Waals surface area contributed by atoms with E-state index in [1.165, 1.54) is 0 Å². The third-order valence-corrected chi connectivity index (χ3v) is 1.03. The van der Waals surface area contributed by atoms with Crippen molar-refractivity contribution < 1.29 is 4.48 Å². The molecule has 0 N–H and O–H groups in total. The summed E-state index contributed by atoms with van der Waals surface area (Å²) in [4.78, 5) is 0. The molecule has 11 heavy (non-hydrogen) atoms. The number of hydrogen-bond acceptors (Lipinski definition) is 1. The first-order valence-electron chi connectivity index (χ1n) is 4.57. The standard InChI is InChI=1S/C7H16FN.C2H6/c1-4-5-9(8)6-7(2)3;1-2/h7H,4-6H2,1-3H3;1-2H3. The molecule has 0 aliphatic carbocycles. The molecular formula is C9H22FN. The van der Waals surface area contributed by atoms with Crippen LogP contribution in [0.5, 0.6) is 0 Å². The van der Waals surface area contributed by atoms with Gasteiger partial charge in [0.05, 0.1) is 0 Å². The molecule has 0 aromatic heterocycles. The maximum absolute atomic E-state index is 12.5. The molecule has 0 amide bonds. The molecule has 0 rings (SSSR count). The summed E-state index contributed by atoms with van der Waals surface area (Å²) in [5.74, 6) is 0.432. The van der Waals surface area contributed by atoms with Gasteiger partial charge in [0.15, 0.2) is 0 Å². The van der Waals surface area contributed by atoms with Gasteiger partial charge in [-0.05, 0) is 12.3 Å². The van der Waals surface area contributed by atoms with Crippen molar-refractivity contribution >= 4 is 0 Å². The monoisotopic (exact) mass is 163 g/mol. The van der Waals surface area contributed by atoms with Gasteiger partial charge in [0, 0.05) is 13.1 Å². The molecule has 0 saturated carbocycles. The Morgan fingerprint density at radius 3 is 2.00 bits per heavy atom. The molecule has 0 fully saturated rings. The van der Waals surface area contributed by atoms with Crippen molar-refractivity contribution in [2.75, 3.05) is 13.1 Å². The summed E-state index contributed by atoms with van der Waals surface area (Å²) in [6.45, 7) is 11.1. The maximum Gasteiger partial charge on any atom is 0.0313 e. The molecule has 0 aromatic carbocycles. The van der Waals surface area contributed by atoms with Gasteiger partial charge in [-0.25, -0.2) is 0 Å². The van der Waals surface area contributed by atoms with Crippen LogP contribution in [0.1, 0.15) is 41.0 Å². The zero-order valence-corrected chi connectivity index (χ0v) is 8.52. The molecule has 70 valence electrons. The van der Waals surface area contributed by atoms with E-state index >= 15 is 0 Å². The Bertz CT molecular complexity index is 64.6. The third-order valence-electron chi connectivity index (χ3n) is 1.03. The van der Waals surface area contributed by atoms with Gasteiger partial charge in [0.25, 0.3) is 0 Å². The van der Waals surface area contributed by atoms with Crippen molar-refractivity contribution in [2.24, 2.45) is 5.92 Å². The average Bonchev–Trinajstić information content (AvgIpc) is 1.91. The lowest BCUT2D eigenvalue weighted by Gasteiger charge is -2.11. The molecule has 2 heteroatoms. The van der Waals surface area contributed by atoms with Crippen LogP contribution >= 0.6 is 0 Å². The lowest BCUT2D eigenvalue weighted by molar-refractivity contribution is 0.0136. The SMILES string of the molecule is CC.CCCN(F)CC(C)C. The van der Waals surface area contributed by atoms with Gasteiger partial charge in [-0.1, -0.05) is 34.6 Å². The first-order valence-corrected chi connectivity index (χ1v) is 4.57. The fourth-order valence-corrected chi connectivity index (χ4v) is 0.730. The van der Waals surface area contributed by atoms with Gasteiger partial charge < -0.3 is 0 Å². The Balaban J connectivity index is 0. The first-order chi connectivity index (χ1) is 5.16. The number of rotatable bonds is 4. The summed E-state index contributed by atoms with van der Waals surface area (Å²) in [5.41, 5.74) is 0. The van der Waals surface area contributed by atoms with Crippen LogP contribution in [-0.2, 0) is 0 Å². The minimum Gasteiger partial charge on any atom is -0.146 e. The van der Waals surface area contributed by atoms with E-state index in [4.69, 9.17) is 0 Å². The molecule has 0 unspecified atom stereocenters. The van der Waals surface area contributed by atoms with E-state index in [1.54, 1.807) is 0 Å². The molecule has 0 radical (unpaired) electrons. The highest BCUT2D eigenvalue weighted by Crippen LogP contribution is 1.98. The van der Waals surface area contributed by atoms with Gasteiger partial charge in [0.2, 0.25) is 0 Å². The van der Waals surface area contributed by atoms with Crippen LogP contribution in [0.25, 0.3) is 0 Å². The molecule has 0 atom stereocenters. The summed E-state index contributed by atoms with van der Waals surface area (Å²) in [6, 6.07) is 0. The van der Waals surface area contributed by atoms with Crippen LogP contribution in [0.2, 0.25) is 0 Å². The molecule has 0 aromatic rings. The van der Waals surface area contributed by atoms with Crippen LogP contribution in [0.4, 0.5) is 4.48 Å². The van der Waals surface area contributed by atoms with Crippen molar-refractivity contribution in [1.82, 2.24) is 5.12 Å². The van der Waals surface area contributed by atoms with Gasteiger partial charge in [-0.2, -0.15) is 0 Å². The van der Waals surface area contributed by atoms with E-state index in [-0.39, 0.29) is 0 Å². The van der Waals surface area contributed by atoms with Gasteiger partial charge in [-0.3, -0.25) is 0 Å². The predicted molar refractivity (Wildman–Crippen MR) is 49.2 cm³/mol. The zero-order chi connectivity index (χ0) is 9.28. The quantitative estimate of drug-likeness (QED) is 0.575. The minimum atomic E-state index is 0.432. The smallest absolute Gasteiger partial charge is 0.0313 e. The number of hydrogen-bond donors (Lipinski definition) is 0. The van der Waals surface area contributed by atoms with Crippen LogP contribution in [0, 0.1) is 5.92 Å². The Hall–Kier alpha value is -0.110. The fourth-order valence-electron chi connectivity index (χ4n) is 0.730. The van der Waals surface area contributed by atoms with E-state index in [0.29, 0.717) is 19.0 Å². The van der Waals surface area contributed by atoms with Gasteiger partial charge in [-0.15, -0.1) is 9.60 Å². The van der Waals surface area contributed by atoms with Gasteiger partial charge in [0.1, 0.15) is 0 Å². The Kier molecular flexibility index (Phi) is 12.1. The first kappa shape index (κ1) is 13.5. The number of halogens is 1. The molecule has 0 spiro atoms. The second kappa shape index (κ2) is 9.89. The highest BCUT2D eigenvalue weighted by molar-refractivity contribution is 4.47. The maximum atomic E-state index is 12.5. The molecule has 1 nitrogen and oxygen atoms in total. The summed E-state index contributed by atoms with van der Waals surface area (Å²) in [7, 11) is 0. The summed E-state index contributed by atoms with van der Waals surface area (Å²) >= 11 is 0. The third kappa shape index (κ3) is 13.0. The van der Waals surface area contributed by atoms with E-state index < -0.39 is 0 Å². The van der Waals surface area contributed by atoms with Crippen LogP contribution in [0.15, 0.2) is 0 Å². The lowest BCUT2D eigenvalue weighted by atomic mass is 10.2. The van der Waals surface area contributed by atoms with E-state index in [9.17, 15) is 4.48 Å². The molecule has 0 bridgehead atoms. The van der Waals surface area contributed by atoms with Crippen LogP contribution in [-0.4, -0.2) is 18.2 Å². The lowest BCUT2D eigenvalue weighted by Crippen LogP contribution is -2.19. The van der Waals surface area contributed by atoms with Crippen LogP contribution in [0.3, 0.4) is 0 Å². The average molecular weight is 163 g/mol. The highest BCUT2D eigenvalue weighted by Gasteiger charge is 2.02. The second-order valence-corrected chi connectivity index (χ2v) is 2.76. The van der Waals surface area contributed by atoms with E-state index in [2.05, 4.69) is 0 Å². The van der Waals surface area contributed by atoms with Crippen molar-refractivity contribution in [2.45, 2.75) is 41.0 Å². The summed E-state index contributed by atoms with van der Waals surface area (Å²) in [6.07, 6.45) is 0.892. The molecule has 0 aliphatic heterocycles. The summed E-state index contributed by atoms with van der Waals surface area (Å²) in [5, 5.41) is 0.880. The molecule has 0 aliphatic rings. The molecular weight excluding hydrogens is 141 g/mol. The second-order valence-electron chi connectivity index (χ2n) is 2.76. The van der Waals surface area contributed by atoms with Crippen molar-refractivity contribution in [3.63, 3.8) is 0 Å². The van der Waals surface area contributed by atoms with E-state index in [1.807, 2.05) is 34.6 Å². The van der Waals surface area contributed by atoms with Crippen molar-refractivity contribution in [3.8, 4) is 0 Å². The predicted octanol–water partition coefficient (Wildman–Crippen LogP) is 3.27. The van der Waals surface area contributed by atoms with Gasteiger partial charge >= 0.3 is 0 Å².